The van der Waals surface area contributed by atoms with Crippen molar-refractivity contribution in [2.75, 3.05) is 6.54 Å². The molecule has 1 aromatic rings. The topological polar surface area (TPSA) is 29.9 Å². The van der Waals surface area contributed by atoms with E-state index in [0.29, 0.717) is 17.5 Å². The molecule has 1 N–H and O–H groups in total. The first-order valence-corrected chi connectivity index (χ1v) is 7.24. The van der Waals surface area contributed by atoms with E-state index in [1.165, 1.54) is 24.1 Å². The van der Waals surface area contributed by atoms with Crippen molar-refractivity contribution in [3.63, 3.8) is 0 Å². The van der Waals surface area contributed by atoms with Crippen LogP contribution < -0.4 is 5.32 Å². The lowest BCUT2D eigenvalue weighted by atomic mass is 9.74. The van der Waals surface area contributed by atoms with Gasteiger partial charge >= 0.3 is 0 Å². The minimum atomic E-state index is 0.366. The van der Waals surface area contributed by atoms with Gasteiger partial charge in [-0.3, -0.25) is 4.68 Å². The number of nitrogens with one attached hydrogen (secondary N) is 1. The Bertz CT molecular complexity index is 404. The predicted octanol–water partition coefficient (Wildman–Crippen LogP) is 3.48. The van der Waals surface area contributed by atoms with Gasteiger partial charge in [0.15, 0.2) is 0 Å². The summed E-state index contributed by atoms with van der Waals surface area (Å²) in [6, 6.07) is 0.936. The van der Waals surface area contributed by atoms with Crippen molar-refractivity contribution in [2.24, 2.45) is 5.41 Å². The Morgan fingerprint density at radius 1 is 1.50 bits per heavy atom. The molecule has 2 rings (SSSR count). The van der Waals surface area contributed by atoms with Crippen molar-refractivity contribution in [2.45, 2.75) is 66.0 Å². The highest BCUT2D eigenvalue weighted by molar-refractivity contribution is 5.27. The summed E-state index contributed by atoms with van der Waals surface area (Å²) >= 11 is 0. The molecule has 0 aliphatic heterocycles. The van der Waals surface area contributed by atoms with E-state index in [0.717, 1.165) is 13.0 Å². The summed E-state index contributed by atoms with van der Waals surface area (Å²) < 4.78 is 2.21. The van der Waals surface area contributed by atoms with Crippen LogP contribution >= 0.6 is 0 Å². The first-order valence-electron chi connectivity index (χ1n) is 7.24. The van der Waals surface area contributed by atoms with E-state index in [9.17, 15) is 0 Å². The first kappa shape index (κ1) is 13.6. The standard InChI is InChI=1S/C15H27N3/c1-6-7-16-13-8-15(4,5)9-14-12(13)10-17-18(14)11(2)3/h10-11,13,16H,6-9H2,1-5H3. The Morgan fingerprint density at radius 3 is 2.83 bits per heavy atom. The van der Waals surface area contributed by atoms with Crippen LogP contribution in [0.3, 0.4) is 0 Å². The molecule has 1 unspecified atom stereocenters. The zero-order valence-corrected chi connectivity index (χ0v) is 12.5. The SMILES string of the molecule is CCCNC1CC(C)(C)Cc2c1cnn2C(C)C. The monoisotopic (exact) mass is 249 g/mol. The maximum Gasteiger partial charge on any atom is 0.0540 e. The molecule has 0 fully saturated rings. The third-order valence-electron chi connectivity index (χ3n) is 3.84. The highest BCUT2D eigenvalue weighted by Gasteiger charge is 2.34. The van der Waals surface area contributed by atoms with Crippen molar-refractivity contribution >= 4 is 0 Å². The molecular formula is C15H27N3. The second-order valence-corrected chi connectivity index (χ2v) is 6.64. The van der Waals surface area contributed by atoms with Gasteiger partial charge in [0.05, 0.1) is 6.20 Å². The van der Waals surface area contributed by atoms with Gasteiger partial charge in [-0.05, 0) is 45.1 Å². The Hall–Kier alpha value is -0.830. The van der Waals surface area contributed by atoms with E-state index in [4.69, 9.17) is 0 Å². The van der Waals surface area contributed by atoms with Gasteiger partial charge in [0.2, 0.25) is 0 Å². The molecule has 0 saturated carbocycles. The summed E-state index contributed by atoms with van der Waals surface area (Å²) in [5, 5.41) is 8.28. The highest BCUT2D eigenvalue weighted by atomic mass is 15.3. The molecule has 18 heavy (non-hydrogen) atoms. The van der Waals surface area contributed by atoms with Crippen LogP contribution in [0.2, 0.25) is 0 Å². The van der Waals surface area contributed by atoms with Gasteiger partial charge < -0.3 is 5.32 Å². The van der Waals surface area contributed by atoms with E-state index >= 15 is 0 Å². The minimum absolute atomic E-state index is 0.366. The fourth-order valence-electron chi connectivity index (χ4n) is 3.01. The number of hydrogen-bond donors (Lipinski definition) is 1. The Kier molecular flexibility index (Phi) is 3.81. The number of aromatic nitrogens is 2. The van der Waals surface area contributed by atoms with Crippen molar-refractivity contribution < 1.29 is 0 Å². The quantitative estimate of drug-likeness (QED) is 0.885. The zero-order chi connectivity index (χ0) is 13.3. The molecule has 0 aromatic carbocycles. The molecule has 102 valence electrons. The van der Waals surface area contributed by atoms with Crippen LogP contribution in [-0.4, -0.2) is 16.3 Å². The number of nitrogens with zero attached hydrogens (tertiary/aromatic N) is 2. The summed E-state index contributed by atoms with van der Waals surface area (Å²) in [4.78, 5) is 0. The zero-order valence-electron chi connectivity index (χ0n) is 12.5. The molecule has 1 aromatic heterocycles. The normalized spacial score (nSPS) is 22.2. The molecule has 0 amide bonds. The molecule has 0 bridgehead atoms. The molecular weight excluding hydrogens is 222 g/mol. The van der Waals surface area contributed by atoms with E-state index in [1.54, 1.807) is 0 Å². The Morgan fingerprint density at radius 2 is 2.22 bits per heavy atom. The molecule has 1 heterocycles. The largest absolute Gasteiger partial charge is 0.310 e. The van der Waals surface area contributed by atoms with Gasteiger partial charge in [-0.2, -0.15) is 5.10 Å². The summed E-state index contributed by atoms with van der Waals surface area (Å²) in [6.07, 6.45) is 5.62. The highest BCUT2D eigenvalue weighted by Crippen LogP contribution is 2.41. The van der Waals surface area contributed by atoms with Crippen LogP contribution in [0.25, 0.3) is 0 Å². The second-order valence-electron chi connectivity index (χ2n) is 6.64. The average molecular weight is 249 g/mol. The molecule has 1 aliphatic rings. The van der Waals surface area contributed by atoms with Crippen LogP contribution in [0.15, 0.2) is 6.20 Å². The lowest BCUT2D eigenvalue weighted by Crippen LogP contribution is -2.34. The average Bonchev–Trinajstić information content (AvgIpc) is 2.67. The van der Waals surface area contributed by atoms with Gasteiger partial charge in [0.25, 0.3) is 0 Å². The smallest absolute Gasteiger partial charge is 0.0540 e. The molecule has 3 nitrogen and oxygen atoms in total. The summed E-state index contributed by atoms with van der Waals surface area (Å²) in [7, 11) is 0. The molecule has 0 spiro atoms. The fourth-order valence-corrected chi connectivity index (χ4v) is 3.01. The van der Waals surface area contributed by atoms with Gasteiger partial charge in [-0.25, -0.2) is 0 Å². The number of rotatable bonds is 4. The summed E-state index contributed by atoms with van der Waals surface area (Å²) in [5.74, 6) is 0. The van der Waals surface area contributed by atoms with Crippen LogP contribution in [0, 0.1) is 5.41 Å². The van der Waals surface area contributed by atoms with Gasteiger partial charge in [-0.15, -0.1) is 0 Å². The Balaban J connectivity index is 2.32. The second kappa shape index (κ2) is 5.04. The van der Waals surface area contributed by atoms with Crippen LogP contribution in [0.4, 0.5) is 0 Å². The first-order chi connectivity index (χ1) is 8.44. The van der Waals surface area contributed by atoms with Crippen LogP contribution in [-0.2, 0) is 6.42 Å². The number of hydrogen-bond acceptors (Lipinski definition) is 2. The maximum atomic E-state index is 4.60. The van der Waals surface area contributed by atoms with Crippen molar-refractivity contribution in [3.05, 3.63) is 17.5 Å². The van der Waals surface area contributed by atoms with Crippen molar-refractivity contribution in [3.8, 4) is 0 Å². The molecule has 0 saturated heterocycles. The number of fused-ring (bicyclic) bond motifs is 1. The van der Waals surface area contributed by atoms with Crippen molar-refractivity contribution in [1.82, 2.24) is 15.1 Å². The predicted molar refractivity (Wildman–Crippen MR) is 75.7 cm³/mol. The van der Waals surface area contributed by atoms with E-state index in [-0.39, 0.29) is 0 Å². The van der Waals surface area contributed by atoms with Gasteiger partial charge in [0.1, 0.15) is 0 Å². The van der Waals surface area contributed by atoms with Gasteiger partial charge in [-0.1, -0.05) is 20.8 Å². The van der Waals surface area contributed by atoms with Crippen LogP contribution in [0.1, 0.15) is 70.8 Å². The van der Waals surface area contributed by atoms with E-state index < -0.39 is 0 Å². The maximum absolute atomic E-state index is 4.60. The molecule has 1 atom stereocenters. The third-order valence-corrected chi connectivity index (χ3v) is 3.84. The van der Waals surface area contributed by atoms with Crippen molar-refractivity contribution in [1.29, 1.82) is 0 Å². The molecule has 3 heteroatoms. The fraction of sp³-hybridized carbons (Fsp3) is 0.800. The third kappa shape index (κ3) is 2.61. The summed E-state index contributed by atoms with van der Waals surface area (Å²) in [6.45, 7) is 12.5. The minimum Gasteiger partial charge on any atom is -0.310 e. The summed E-state index contributed by atoms with van der Waals surface area (Å²) in [5.41, 5.74) is 3.23. The van der Waals surface area contributed by atoms with E-state index in [2.05, 4.69) is 55.9 Å². The Labute approximate surface area is 111 Å². The molecule has 1 aliphatic carbocycles. The lowest BCUT2D eigenvalue weighted by Gasteiger charge is -2.36. The van der Waals surface area contributed by atoms with E-state index in [1.807, 2.05) is 0 Å². The lowest BCUT2D eigenvalue weighted by molar-refractivity contribution is 0.249. The van der Waals surface area contributed by atoms with Gasteiger partial charge in [0, 0.05) is 23.3 Å². The molecule has 0 radical (unpaired) electrons. The van der Waals surface area contributed by atoms with Crippen LogP contribution in [0.5, 0.6) is 0 Å².